The van der Waals surface area contributed by atoms with E-state index in [1.54, 1.807) is 0 Å². The Morgan fingerprint density at radius 2 is 1.12 bits per heavy atom. The lowest BCUT2D eigenvalue weighted by atomic mass is 10.1. The average Bonchev–Trinajstić information content (AvgIpc) is 3.26. The summed E-state index contributed by atoms with van der Waals surface area (Å²) in [6.45, 7) is 2.87. The highest BCUT2D eigenvalue weighted by atomic mass is 16.2. The molecule has 2 heterocycles. The van der Waals surface area contributed by atoms with Crippen molar-refractivity contribution < 1.29 is 28.8 Å². The number of rotatable bonds is 15. The Bertz CT molecular complexity index is 799. The number of carbonyl (C=O) groups is 6. The first-order valence-corrected chi connectivity index (χ1v) is 11.4. The van der Waals surface area contributed by atoms with Gasteiger partial charge in [0.15, 0.2) is 0 Å². The summed E-state index contributed by atoms with van der Waals surface area (Å²) in [5.41, 5.74) is 0. The zero-order valence-electron chi connectivity index (χ0n) is 19.0. The van der Waals surface area contributed by atoms with Crippen LogP contribution >= 0.6 is 0 Å². The van der Waals surface area contributed by atoms with Gasteiger partial charge >= 0.3 is 0 Å². The lowest BCUT2D eigenvalue weighted by Crippen LogP contribution is -2.41. The SMILES string of the molecule is CC(CNC(=O)CCCCCN1C(=O)C=CC1=O)NC(=O)CCCCCN1C(=O)C=CC1=O. The standard InChI is InChI=1S/C23H32N4O6/c1-17(25-19(29)9-5-3-7-15-27-22(32)12-13-23(27)33)16-24-18(28)8-4-2-6-14-26-20(30)10-11-21(26)31/h10-13,17H,2-9,14-16H2,1H3,(H,24,28)(H,25,29). The fraction of sp³-hybridized carbons (Fsp3) is 0.565. The van der Waals surface area contributed by atoms with E-state index in [2.05, 4.69) is 10.6 Å². The summed E-state index contributed by atoms with van der Waals surface area (Å²) in [7, 11) is 0. The molecule has 1 atom stereocenters. The Labute approximate surface area is 193 Å². The van der Waals surface area contributed by atoms with E-state index in [1.165, 1.54) is 34.1 Å². The van der Waals surface area contributed by atoms with Gasteiger partial charge in [0.2, 0.25) is 11.8 Å². The third kappa shape index (κ3) is 8.99. The van der Waals surface area contributed by atoms with Crippen LogP contribution in [0.4, 0.5) is 0 Å². The molecule has 6 amide bonds. The molecule has 0 saturated carbocycles. The van der Waals surface area contributed by atoms with E-state index in [9.17, 15) is 28.8 Å². The second-order valence-corrected chi connectivity index (χ2v) is 8.22. The molecule has 0 aromatic rings. The van der Waals surface area contributed by atoms with Crippen LogP contribution in [0.3, 0.4) is 0 Å². The minimum absolute atomic E-state index is 0.104. The van der Waals surface area contributed by atoms with Crippen LogP contribution in [0, 0.1) is 0 Å². The molecule has 0 aromatic carbocycles. The molecule has 1 unspecified atom stereocenters. The molecule has 10 nitrogen and oxygen atoms in total. The van der Waals surface area contributed by atoms with Crippen molar-refractivity contribution in [3.63, 3.8) is 0 Å². The van der Waals surface area contributed by atoms with Crippen molar-refractivity contribution in [1.29, 1.82) is 0 Å². The monoisotopic (exact) mass is 460 g/mol. The van der Waals surface area contributed by atoms with Gasteiger partial charge in [0, 0.05) is 62.8 Å². The van der Waals surface area contributed by atoms with E-state index in [0.29, 0.717) is 58.2 Å². The van der Waals surface area contributed by atoms with Gasteiger partial charge in [-0.15, -0.1) is 0 Å². The van der Waals surface area contributed by atoms with Crippen molar-refractivity contribution in [2.75, 3.05) is 19.6 Å². The summed E-state index contributed by atoms with van der Waals surface area (Å²) in [4.78, 5) is 72.1. The van der Waals surface area contributed by atoms with Crippen molar-refractivity contribution in [3.8, 4) is 0 Å². The van der Waals surface area contributed by atoms with Gasteiger partial charge in [0.1, 0.15) is 0 Å². The summed E-state index contributed by atoms with van der Waals surface area (Å²) in [5, 5.41) is 5.63. The van der Waals surface area contributed by atoms with Gasteiger partial charge in [-0.25, -0.2) is 0 Å². The molecule has 0 saturated heterocycles. The van der Waals surface area contributed by atoms with Gasteiger partial charge in [-0.05, 0) is 32.6 Å². The molecule has 2 N–H and O–H groups in total. The number of imide groups is 2. The van der Waals surface area contributed by atoms with Gasteiger partial charge in [-0.2, -0.15) is 0 Å². The molecule has 2 aliphatic rings. The Hall–Kier alpha value is -3.30. The van der Waals surface area contributed by atoms with Crippen LogP contribution < -0.4 is 10.6 Å². The van der Waals surface area contributed by atoms with Crippen molar-refractivity contribution in [2.45, 2.75) is 64.3 Å². The van der Waals surface area contributed by atoms with Crippen molar-refractivity contribution in [2.24, 2.45) is 0 Å². The van der Waals surface area contributed by atoms with Gasteiger partial charge in [0.05, 0.1) is 0 Å². The molecule has 0 spiro atoms. The Morgan fingerprint density at radius 3 is 1.58 bits per heavy atom. The van der Waals surface area contributed by atoms with Crippen molar-refractivity contribution in [3.05, 3.63) is 24.3 Å². The Balaban J connectivity index is 1.44. The third-order valence-corrected chi connectivity index (χ3v) is 5.39. The first kappa shape index (κ1) is 26.0. The van der Waals surface area contributed by atoms with Gasteiger partial charge in [-0.1, -0.05) is 12.8 Å². The quantitative estimate of drug-likeness (QED) is 0.271. The van der Waals surface area contributed by atoms with Crippen molar-refractivity contribution in [1.82, 2.24) is 20.4 Å². The van der Waals surface area contributed by atoms with Crippen LogP contribution in [0.1, 0.15) is 58.3 Å². The van der Waals surface area contributed by atoms with E-state index in [0.717, 1.165) is 12.8 Å². The van der Waals surface area contributed by atoms with Gasteiger partial charge in [0.25, 0.3) is 23.6 Å². The zero-order valence-corrected chi connectivity index (χ0v) is 19.0. The van der Waals surface area contributed by atoms with Crippen LogP contribution in [0.5, 0.6) is 0 Å². The summed E-state index contributed by atoms with van der Waals surface area (Å²) in [6.07, 6.45) is 9.80. The second kappa shape index (κ2) is 13.3. The molecular formula is C23H32N4O6. The normalized spacial score (nSPS) is 16.2. The van der Waals surface area contributed by atoms with E-state index < -0.39 is 0 Å². The number of nitrogens with zero attached hydrogens (tertiary/aromatic N) is 2. The molecule has 2 aliphatic heterocycles. The van der Waals surface area contributed by atoms with E-state index in [-0.39, 0.29) is 41.5 Å². The van der Waals surface area contributed by atoms with Crippen LogP contribution in [-0.2, 0) is 28.8 Å². The topological polar surface area (TPSA) is 133 Å². The molecule has 0 bridgehead atoms. The second-order valence-electron chi connectivity index (χ2n) is 8.22. The number of amides is 6. The van der Waals surface area contributed by atoms with Crippen molar-refractivity contribution >= 4 is 35.4 Å². The molecule has 33 heavy (non-hydrogen) atoms. The van der Waals surface area contributed by atoms with Gasteiger partial charge in [-0.3, -0.25) is 38.6 Å². The van der Waals surface area contributed by atoms with E-state index >= 15 is 0 Å². The first-order chi connectivity index (χ1) is 15.8. The Morgan fingerprint density at radius 1 is 0.697 bits per heavy atom. The molecular weight excluding hydrogens is 428 g/mol. The fourth-order valence-corrected chi connectivity index (χ4v) is 3.52. The highest BCUT2D eigenvalue weighted by Crippen LogP contribution is 2.09. The lowest BCUT2D eigenvalue weighted by molar-refractivity contribution is -0.138. The third-order valence-electron chi connectivity index (χ3n) is 5.39. The predicted octanol–water partition coefficient (Wildman–Crippen LogP) is 0.578. The summed E-state index contributed by atoms with van der Waals surface area (Å²) >= 11 is 0. The molecule has 0 aromatic heterocycles. The number of hydrogen-bond acceptors (Lipinski definition) is 6. The zero-order chi connectivity index (χ0) is 24.2. The van der Waals surface area contributed by atoms with E-state index in [1.807, 2.05) is 6.92 Å². The number of carbonyl (C=O) groups excluding carboxylic acids is 6. The molecule has 0 aliphatic carbocycles. The number of unbranched alkanes of at least 4 members (excludes halogenated alkanes) is 4. The molecule has 0 fully saturated rings. The summed E-state index contributed by atoms with van der Waals surface area (Å²) in [6, 6.07) is -0.202. The maximum absolute atomic E-state index is 12.0. The average molecular weight is 461 g/mol. The molecule has 10 heteroatoms. The van der Waals surface area contributed by atoms with Crippen LogP contribution in [0.25, 0.3) is 0 Å². The number of hydrogen-bond donors (Lipinski definition) is 2. The highest BCUT2D eigenvalue weighted by molar-refractivity contribution is 6.13. The maximum Gasteiger partial charge on any atom is 0.253 e. The summed E-state index contributed by atoms with van der Waals surface area (Å²) < 4.78 is 0. The Kier molecular flexibility index (Phi) is 10.5. The smallest absolute Gasteiger partial charge is 0.253 e. The largest absolute Gasteiger partial charge is 0.354 e. The van der Waals surface area contributed by atoms with Crippen LogP contribution in [-0.4, -0.2) is 70.9 Å². The molecule has 2 rings (SSSR count). The minimum Gasteiger partial charge on any atom is -0.354 e. The van der Waals surface area contributed by atoms with E-state index in [4.69, 9.17) is 0 Å². The first-order valence-electron chi connectivity index (χ1n) is 11.4. The molecule has 0 radical (unpaired) electrons. The number of nitrogens with one attached hydrogen (secondary N) is 2. The van der Waals surface area contributed by atoms with Crippen LogP contribution in [0.2, 0.25) is 0 Å². The summed E-state index contributed by atoms with van der Waals surface area (Å²) in [5.74, 6) is -1.37. The lowest BCUT2D eigenvalue weighted by Gasteiger charge is -2.15. The molecule has 180 valence electrons. The minimum atomic E-state index is -0.291. The van der Waals surface area contributed by atoms with Crippen LogP contribution in [0.15, 0.2) is 24.3 Å². The fourth-order valence-electron chi connectivity index (χ4n) is 3.52. The highest BCUT2D eigenvalue weighted by Gasteiger charge is 2.23. The predicted molar refractivity (Wildman–Crippen MR) is 119 cm³/mol. The maximum atomic E-state index is 12.0. The van der Waals surface area contributed by atoms with Gasteiger partial charge < -0.3 is 10.6 Å².